The summed E-state index contributed by atoms with van der Waals surface area (Å²) >= 11 is 0. The zero-order valence-electron chi connectivity index (χ0n) is 13.5. The first-order valence-electron chi connectivity index (χ1n) is 8.35. The van der Waals surface area contributed by atoms with E-state index in [-0.39, 0.29) is 0 Å². The molecule has 3 N–H and O–H groups in total. The van der Waals surface area contributed by atoms with Crippen LogP contribution < -0.4 is 11.1 Å². The monoisotopic (exact) mass is 286 g/mol. The second-order valence-corrected chi connectivity index (χ2v) is 5.42. The number of primary amides is 1. The summed E-state index contributed by atoms with van der Waals surface area (Å²) in [6.45, 7) is 5.71. The number of urea groups is 1. The Labute approximate surface area is 124 Å². The van der Waals surface area contributed by atoms with Gasteiger partial charge in [0.25, 0.3) is 0 Å². The minimum Gasteiger partial charge on any atom is -0.379 e. The first-order valence-corrected chi connectivity index (χ1v) is 8.35. The molecular formula is C16H34N2O2. The van der Waals surface area contributed by atoms with Gasteiger partial charge in [-0.15, -0.1) is 0 Å². The van der Waals surface area contributed by atoms with Gasteiger partial charge in [-0.25, -0.2) is 4.79 Å². The van der Waals surface area contributed by atoms with Crippen LogP contribution in [-0.4, -0.2) is 25.3 Å². The Morgan fingerprint density at radius 1 is 1.00 bits per heavy atom. The maximum atomic E-state index is 10.6. The average Bonchev–Trinajstić information content (AvgIpc) is 2.42. The third-order valence-corrected chi connectivity index (χ3v) is 3.53. The second kappa shape index (κ2) is 14.6. The highest BCUT2D eigenvalue weighted by atomic mass is 16.5. The molecule has 2 amide bonds. The fourth-order valence-corrected chi connectivity index (χ4v) is 2.42. The zero-order valence-corrected chi connectivity index (χ0v) is 13.5. The number of ether oxygens (including phenoxy) is 1. The number of carbonyl (C=O) groups excluding carboxylic acids is 1. The summed E-state index contributed by atoms with van der Waals surface area (Å²) in [7, 11) is 0. The molecule has 0 saturated carbocycles. The van der Waals surface area contributed by atoms with E-state index in [1.807, 2.05) is 6.92 Å². The van der Waals surface area contributed by atoms with Crippen LogP contribution in [0.4, 0.5) is 4.79 Å². The number of carbonyl (C=O) groups is 1. The lowest BCUT2D eigenvalue weighted by Gasteiger charge is -2.17. The highest BCUT2D eigenvalue weighted by Gasteiger charge is 2.08. The molecule has 4 nitrogen and oxygen atoms in total. The van der Waals surface area contributed by atoms with Crippen molar-refractivity contribution in [3.8, 4) is 0 Å². The number of hydrogen-bond acceptors (Lipinski definition) is 2. The van der Waals surface area contributed by atoms with E-state index < -0.39 is 6.03 Å². The Morgan fingerprint density at radius 2 is 1.60 bits per heavy atom. The van der Waals surface area contributed by atoms with E-state index in [0.29, 0.717) is 12.6 Å². The van der Waals surface area contributed by atoms with Crippen molar-refractivity contribution in [2.75, 3.05) is 13.2 Å². The van der Waals surface area contributed by atoms with E-state index in [1.54, 1.807) is 0 Å². The van der Waals surface area contributed by atoms with Crippen LogP contribution in [0.5, 0.6) is 0 Å². The van der Waals surface area contributed by atoms with Crippen molar-refractivity contribution in [2.24, 2.45) is 5.73 Å². The van der Waals surface area contributed by atoms with Gasteiger partial charge in [0.15, 0.2) is 0 Å². The SMILES string of the molecule is CCCCCCCCCC(CCCNC(N)=O)OCC. The van der Waals surface area contributed by atoms with E-state index in [2.05, 4.69) is 12.2 Å². The molecule has 0 aliphatic heterocycles. The summed E-state index contributed by atoms with van der Waals surface area (Å²) in [5, 5.41) is 2.62. The van der Waals surface area contributed by atoms with Crippen molar-refractivity contribution < 1.29 is 9.53 Å². The molecule has 4 heteroatoms. The van der Waals surface area contributed by atoms with Gasteiger partial charge in [-0.1, -0.05) is 51.9 Å². The van der Waals surface area contributed by atoms with Gasteiger partial charge in [-0.05, 0) is 26.2 Å². The van der Waals surface area contributed by atoms with Gasteiger partial charge >= 0.3 is 6.03 Å². The van der Waals surface area contributed by atoms with Gasteiger partial charge in [-0.3, -0.25) is 0 Å². The Kier molecular flexibility index (Phi) is 14.1. The first-order chi connectivity index (χ1) is 9.70. The molecule has 0 saturated heterocycles. The summed E-state index contributed by atoms with van der Waals surface area (Å²) in [6.07, 6.45) is 12.8. The number of nitrogens with one attached hydrogen (secondary N) is 1. The van der Waals surface area contributed by atoms with Crippen LogP contribution in [0.2, 0.25) is 0 Å². The highest BCUT2D eigenvalue weighted by Crippen LogP contribution is 2.14. The van der Waals surface area contributed by atoms with Gasteiger partial charge < -0.3 is 15.8 Å². The van der Waals surface area contributed by atoms with Gasteiger partial charge in [-0.2, -0.15) is 0 Å². The lowest BCUT2D eigenvalue weighted by molar-refractivity contribution is 0.0476. The van der Waals surface area contributed by atoms with Crippen molar-refractivity contribution in [3.63, 3.8) is 0 Å². The maximum Gasteiger partial charge on any atom is 0.312 e. The molecule has 0 radical (unpaired) electrons. The lowest BCUT2D eigenvalue weighted by atomic mass is 10.0. The van der Waals surface area contributed by atoms with Gasteiger partial charge in [0.1, 0.15) is 0 Å². The van der Waals surface area contributed by atoms with Crippen LogP contribution in [-0.2, 0) is 4.74 Å². The van der Waals surface area contributed by atoms with Crippen molar-refractivity contribution >= 4 is 6.03 Å². The number of rotatable bonds is 14. The quantitative estimate of drug-likeness (QED) is 0.474. The zero-order chi connectivity index (χ0) is 15.1. The van der Waals surface area contributed by atoms with Crippen molar-refractivity contribution in [2.45, 2.75) is 84.2 Å². The number of amides is 2. The molecule has 120 valence electrons. The van der Waals surface area contributed by atoms with Crippen LogP contribution in [0.3, 0.4) is 0 Å². The molecule has 0 fully saturated rings. The van der Waals surface area contributed by atoms with Gasteiger partial charge in [0, 0.05) is 13.2 Å². The molecule has 0 bridgehead atoms. The van der Waals surface area contributed by atoms with Crippen LogP contribution in [0.15, 0.2) is 0 Å². The predicted octanol–water partition coefficient (Wildman–Crippen LogP) is 3.98. The fraction of sp³-hybridized carbons (Fsp3) is 0.938. The molecule has 0 rings (SSSR count). The van der Waals surface area contributed by atoms with E-state index in [4.69, 9.17) is 10.5 Å². The van der Waals surface area contributed by atoms with Crippen LogP contribution in [0.1, 0.15) is 78.1 Å². The third-order valence-electron chi connectivity index (χ3n) is 3.53. The smallest absolute Gasteiger partial charge is 0.312 e. The van der Waals surface area contributed by atoms with Crippen LogP contribution >= 0.6 is 0 Å². The molecule has 0 aliphatic rings. The molecular weight excluding hydrogens is 252 g/mol. The van der Waals surface area contributed by atoms with Gasteiger partial charge in [0.05, 0.1) is 6.10 Å². The molecule has 1 unspecified atom stereocenters. The Bertz CT molecular complexity index is 223. The normalized spacial score (nSPS) is 12.3. The minimum atomic E-state index is -0.440. The van der Waals surface area contributed by atoms with E-state index in [1.165, 1.54) is 44.9 Å². The molecule has 0 aromatic carbocycles. The summed E-state index contributed by atoms with van der Waals surface area (Å²) in [6, 6.07) is -0.440. The number of unbranched alkanes of at least 4 members (excludes halogenated alkanes) is 6. The Balaban J connectivity index is 3.51. The van der Waals surface area contributed by atoms with Crippen molar-refractivity contribution in [3.05, 3.63) is 0 Å². The van der Waals surface area contributed by atoms with E-state index in [0.717, 1.165) is 25.9 Å². The minimum absolute atomic E-state index is 0.338. The molecule has 0 aliphatic carbocycles. The largest absolute Gasteiger partial charge is 0.379 e. The summed E-state index contributed by atoms with van der Waals surface area (Å²) in [4.78, 5) is 10.6. The van der Waals surface area contributed by atoms with E-state index in [9.17, 15) is 4.79 Å². The summed E-state index contributed by atoms with van der Waals surface area (Å²) in [5.41, 5.74) is 5.03. The number of nitrogens with two attached hydrogens (primary N) is 1. The summed E-state index contributed by atoms with van der Waals surface area (Å²) < 4.78 is 5.75. The number of hydrogen-bond donors (Lipinski definition) is 2. The molecule has 20 heavy (non-hydrogen) atoms. The molecule has 0 aromatic rings. The van der Waals surface area contributed by atoms with Crippen molar-refractivity contribution in [1.82, 2.24) is 5.32 Å². The molecule has 0 spiro atoms. The Morgan fingerprint density at radius 3 is 2.20 bits per heavy atom. The highest BCUT2D eigenvalue weighted by molar-refractivity contribution is 5.71. The lowest BCUT2D eigenvalue weighted by Crippen LogP contribution is -2.30. The third kappa shape index (κ3) is 13.7. The Hall–Kier alpha value is -0.770. The molecule has 0 aromatic heterocycles. The predicted molar refractivity (Wildman–Crippen MR) is 84.8 cm³/mol. The van der Waals surface area contributed by atoms with Gasteiger partial charge in [0.2, 0.25) is 0 Å². The van der Waals surface area contributed by atoms with Crippen molar-refractivity contribution in [1.29, 1.82) is 0 Å². The molecule has 0 heterocycles. The first kappa shape index (κ1) is 19.2. The summed E-state index contributed by atoms with van der Waals surface area (Å²) in [5.74, 6) is 0. The molecule has 1 atom stereocenters. The second-order valence-electron chi connectivity index (χ2n) is 5.42. The van der Waals surface area contributed by atoms with E-state index >= 15 is 0 Å². The standard InChI is InChI=1S/C16H34N2O2/c1-3-5-6-7-8-9-10-12-15(20-4-2)13-11-14-18-16(17)19/h15H,3-14H2,1-2H3,(H3,17,18,19). The topological polar surface area (TPSA) is 64.3 Å². The maximum absolute atomic E-state index is 10.6. The van der Waals surface area contributed by atoms with Crippen LogP contribution in [0.25, 0.3) is 0 Å². The van der Waals surface area contributed by atoms with Crippen LogP contribution in [0, 0.1) is 0 Å². The average molecular weight is 286 g/mol. The fourth-order valence-electron chi connectivity index (χ4n) is 2.42.